The highest BCUT2D eigenvalue weighted by Crippen LogP contribution is 2.33. The number of ether oxygens (including phenoxy) is 1. The number of fused-ring (bicyclic) bond motifs is 1. The van der Waals surface area contributed by atoms with E-state index in [0.29, 0.717) is 28.7 Å². The van der Waals surface area contributed by atoms with Gasteiger partial charge < -0.3 is 4.74 Å². The number of hydrogen-bond donors (Lipinski definition) is 0. The molecular formula is C14H17ClO2. The SMILES string of the molecule is CCCC(C)C1CC(=O)c2cc(Cl)ccc2O1. The molecule has 1 aromatic rings. The van der Waals surface area contributed by atoms with Crippen LogP contribution in [0.2, 0.25) is 5.02 Å². The van der Waals surface area contributed by atoms with E-state index in [4.69, 9.17) is 16.3 Å². The summed E-state index contributed by atoms with van der Waals surface area (Å²) < 4.78 is 5.89. The molecule has 0 N–H and O–H groups in total. The molecule has 0 aromatic heterocycles. The molecule has 1 aromatic carbocycles. The molecule has 0 fully saturated rings. The van der Waals surface area contributed by atoms with Crippen LogP contribution in [-0.2, 0) is 0 Å². The van der Waals surface area contributed by atoms with E-state index in [9.17, 15) is 4.79 Å². The first-order valence-electron chi connectivity index (χ1n) is 6.11. The van der Waals surface area contributed by atoms with Gasteiger partial charge in [-0.25, -0.2) is 0 Å². The third kappa shape index (κ3) is 2.63. The lowest BCUT2D eigenvalue weighted by Gasteiger charge is -2.29. The van der Waals surface area contributed by atoms with E-state index in [1.807, 2.05) is 0 Å². The fourth-order valence-electron chi connectivity index (χ4n) is 2.28. The average molecular weight is 253 g/mol. The highest BCUT2D eigenvalue weighted by molar-refractivity contribution is 6.31. The Morgan fingerprint density at radius 2 is 2.29 bits per heavy atom. The molecule has 0 saturated carbocycles. The quantitative estimate of drug-likeness (QED) is 0.809. The van der Waals surface area contributed by atoms with Crippen LogP contribution in [0.25, 0.3) is 0 Å². The van der Waals surface area contributed by atoms with Gasteiger partial charge in [-0.3, -0.25) is 4.79 Å². The minimum atomic E-state index is 0.0103. The number of hydrogen-bond acceptors (Lipinski definition) is 2. The van der Waals surface area contributed by atoms with Crippen molar-refractivity contribution in [3.63, 3.8) is 0 Å². The molecular weight excluding hydrogens is 236 g/mol. The van der Waals surface area contributed by atoms with Gasteiger partial charge in [0, 0.05) is 11.4 Å². The zero-order chi connectivity index (χ0) is 12.4. The number of carbonyl (C=O) groups excluding carboxylic acids is 1. The number of halogens is 1. The van der Waals surface area contributed by atoms with E-state index < -0.39 is 0 Å². The second-order valence-electron chi connectivity index (χ2n) is 4.69. The Hall–Kier alpha value is -1.02. The van der Waals surface area contributed by atoms with E-state index in [-0.39, 0.29) is 11.9 Å². The first-order chi connectivity index (χ1) is 8.11. The number of Topliss-reactive ketones (excluding diaryl/α,β-unsaturated/α-hetero) is 1. The Bertz CT molecular complexity index is 428. The second kappa shape index (κ2) is 5.09. The lowest BCUT2D eigenvalue weighted by atomic mass is 9.91. The molecule has 1 aliphatic rings. The Morgan fingerprint density at radius 1 is 1.53 bits per heavy atom. The molecule has 92 valence electrons. The number of ketones is 1. The van der Waals surface area contributed by atoms with Crippen molar-refractivity contribution in [3.05, 3.63) is 28.8 Å². The minimum Gasteiger partial charge on any atom is -0.489 e. The van der Waals surface area contributed by atoms with Crippen LogP contribution in [0.5, 0.6) is 5.75 Å². The van der Waals surface area contributed by atoms with Crippen molar-refractivity contribution in [2.75, 3.05) is 0 Å². The molecule has 0 radical (unpaired) electrons. The van der Waals surface area contributed by atoms with E-state index in [1.54, 1.807) is 18.2 Å². The number of benzene rings is 1. The summed E-state index contributed by atoms with van der Waals surface area (Å²) in [6.07, 6.45) is 2.68. The van der Waals surface area contributed by atoms with Crippen LogP contribution in [0.4, 0.5) is 0 Å². The summed E-state index contributed by atoms with van der Waals surface area (Å²) in [5.41, 5.74) is 0.623. The molecule has 0 saturated heterocycles. The molecule has 17 heavy (non-hydrogen) atoms. The molecule has 1 aliphatic heterocycles. The lowest BCUT2D eigenvalue weighted by molar-refractivity contribution is 0.0740. The summed E-state index contributed by atoms with van der Waals surface area (Å²) >= 11 is 5.88. The molecule has 2 unspecified atom stereocenters. The van der Waals surface area contributed by atoms with Crippen LogP contribution < -0.4 is 4.74 Å². The number of rotatable bonds is 3. The second-order valence-corrected chi connectivity index (χ2v) is 5.13. The van der Waals surface area contributed by atoms with Crippen LogP contribution in [0.3, 0.4) is 0 Å². The molecule has 0 spiro atoms. The fraction of sp³-hybridized carbons (Fsp3) is 0.500. The van der Waals surface area contributed by atoms with E-state index in [2.05, 4.69) is 13.8 Å². The van der Waals surface area contributed by atoms with Gasteiger partial charge in [0.05, 0.1) is 5.56 Å². The first kappa shape index (κ1) is 12.4. The van der Waals surface area contributed by atoms with Gasteiger partial charge in [-0.2, -0.15) is 0 Å². The average Bonchev–Trinajstić information content (AvgIpc) is 2.30. The van der Waals surface area contributed by atoms with Crippen molar-refractivity contribution < 1.29 is 9.53 Å². The molecule has 1 heterocycles. The van der Waals surface area contributed by atoms with Gasteiger partial charge in [-0.1, -0.05) is 31.9 Å². The zero-order valence-corrected chi connectivity index (χ0v) is 11.0. The Balaban J connectivity index is 2.21. The van der Waals surface area contributed by atoms with Crippen molar-refractivity contribution in [1.29, 1.82) is 0 Å². The van der Waals surface area contributed by atoms with Crippen LogP contribution in [0, 0.1) is 5.92 Å². The molecule has 3 heteroatoms. The summed E-state index contributed by atoms with van der Waals surface area (Å²) in [6.45, 7) is 4.29. The van der Waals surface area contributed by atoms with E-state index in [0.717, 1.165) is 12.8 Å². The molecule has 0 aliphatic carbocycles. The van der Waals surface area contributed by atoms with Crippen LogP contribution in [0.15, 0.2) is 18.2 Å². The maximum absolute atomic E-state index is 12.0. The topological polar surface area (TPSA) is 26.3 Å². The number of carbonyl (C=O) groups is 1. The predicted molar refractivity (Wildman–Crippen MR) is 68.9 cm³/mol. The summed E-state index contributed by atoms with van der Waals surface area (Å²) in [5, 5.41) is 0.584. The summed E-state index contributed by atoms with van der Waals surface area (Å²) in [4.78, 5) is 12.0. The third-order valence-electron chi connectivity index (χ3n) is 3.29. The zero-order valence-electron chi connectivity index (χ0n) is 10.2. The Labute approximate surface area is 107 Å². The third-order valence-corrected chi connectivity index (χ3v) is 3.52. The molecule has 2 rings (SSSR count). The van der Waals surface area contributed by atoms with Crippen molar-refractivity contribution in [2.24, 2.45) is 5.92 Å². The minimum absolute atomic E-state index is 0.0103. The van der Waals surface area contributed by atoms with Gasteiger partial charge in [0.2, 0.25) is 0 Å². The van der Waals surface area contributed by atoms with Gasteiger partial charge >= 0.3 is 0 Å². The monoisotopic (exact) mass is 252 g/mol. The van der Waals surface area contributed by atoms with Gasteiger partial charge in [0.15, 0.2) is 5.78 Å². The van der Waals surface area contributed by atoms with Gasteiger partial charge in [0.25, 0.3) is 0 Å². The standard InChI is InChI=1S/C14H17ClO2/c1-3-4-9(2)14-8-12(16)11-7-10(15)5-6-13(11)17-14/h5-7,9,14H,3-4,8H2,1-2H3. The van der Waals surface area contributed by atoms with Crippen molar-refractivity contribution in [3.8, 4) is 5.75 Å². The van der Waals surface area contributed by atoms with Crippen molar-refractivity contribution in [2.45, 2.75) is 39.2 Å². The van der Waals surface area contributed by atoms with E-state index >= 15 is 0 Å². The molecule has 0 bridgehead atoms. The van der Waals surface area contributed by atoms with Crippen LogP contribution in [0.1, 0.15) is 43.5 Å². The largest absolute Gasteiger partial charge is 0.489 e. The maximum Gasteiger partial charge on any atom is 0.170 e. The molecule has 0 amide bonds. The normalized spacial score (nSPS) is 20.6. The highest BCUT2D eigenvalue weighted by Gasteiger charge is 2.29. The summed E-state index contributed by atoms with van der Waals surface area (Å²) in [6, 6.07) is 5.25. The van der Waals surface area contributed by atoms with Crippen LogP contribution in [-0.4, -0.2) is 11.9 Å². The first-order valence-corrected chi connectivity index (χ1v) is 6.49. The molecule has 2 atom stereocenters. The Kier molecular flexibility index (Phi) is 3.72. The van der Waals surface area contributed by atoms with Crippen molar-refractivity contribution in [1.82, 2.24) is 0 Å². The lowest BCUT2D eigenvalue weighted by Crippen LogP contribution is -2.32. The smallest absolute Gasteiger partial charge is 0.170 e. The summed E-state index contributed by atoms with van der Waals surface area (Å²) in [7, 11) is 0. The maximum atomic E-state index is 12.0. The van der Waals surface area contributed by atoms with Gasteiger partial charge in [0.1, 0.15) is 11.9 Å². The van der Waals surface area contributed by atoms with Gasteiger partial charge in [-0.15, -0.1) is 0 Å². The molecule has 2 nitrogen and oxygen atoms in total. The Morgan fingerprint density at radius 3 is 3.00 bits per heavy atom. The van der Waals surface area contributed by atoms with Crippen LogP contribution >= 0.6 is 11.6 Å². The fourth-order valence-corrected chi connectivity index (χ4v) is 2.45. The summed E-state index contributed by atoms with van der Waals surface area (Å²) in [5.74, 6) is 1.23. The predicted octanol–water partition coefficient (Wildman–Crippen LogP) is 4.11. The highest BCUT2D eigenvalue weighted by atomic mass is 35.5. The van der Waals surface area contributed by atoms with E-state index in [1.165, 1.54) is 0 Å². The van der Waals surface area contributed by atoms with Crippen molar-refractivity contribution >= 4 is 17.4 Å². The van der Waals surface area contributed by atoms with Gasteiger partial charge in [-0.05, 0) is 30.5 Å².